The number of likely N-dealkylation sites (tertiary alicyclic amines) is 1. The number of anilines is 1. The third-order valence-electron chi connectivity index (χ3n) is 4.10. The van der Waals surface area contributed by atoms with Crippen molar-refractivity contribution in [3.8, 4) is 0 Å². The van der Waals surface area contributed by atoms with Crippen LogP contribution in [-0.4, -0.2) is 35.9 Å². The summed E-state index contributed by atoms with van der Waals surface area (Å²) >= 11 is 0. The summed E-state index contributed by atoms with van der Waals surface area (Å²) in [5.74, 6) is 0.256. The highest BCUT2D eigenvalue weighted by Gasteiger charge is 2.28. The monoisotopic (exact) mass is 291 g/mol. The highest BCUT2D eigenvalue weighted by molar-refractivity contribution is 5.99. The number of nitro groups is 1. The number of hydrogen-bond acceptors (Lipinski definition) is 4. The predicted octanol–water partition coefficient (Wildman–Crippen LogP) is 2.90. The van der Waals surface area contributed by atoms with Crippen molar-refractivity contribution in [3.05, 3.63) is 33.9 Å². The highest BCUT2D eigenvalue weighted by Crippen LogP contribution is 2.27. The van der Waals surface area contributed by atoms with Crippen LogP contribution in [0.15, 0.2) is 18.2 Å². The first-order valence-corrected chi connectivity index (χ1v) is 7.32. The Kier molecular flexibility index (Phi) is 4.77. The predicted molar refractivity (Wildman–Crippen MR) is 81.6 cm³/mol. The lowest BCUT2D eigenvalue weighted by molar-refractivity contribution is -0.385. The average molecular weight is 291 g/mol. The summed E-state index contributed by atoms with van der Waals surface area (Å²) in [7, 11) is 1.73. The Balaban J connectivity index is 2.30. The molecular formula is C15H21N3O3. The molecule has 0 bridgehead atoms. The van der Waals surface area contributed by atoms with Gasteiger partial charge < -0.3 is 10.2 Å². The second-order valence-corrected chi connectivity index (χ2v) is 5.41. The van der Waals surface area contributed by atoms with E-state index in [0.29, 0.717) is 24.7 Å². The molecule has 1 aliphatic heterocycles. The standard InChI is InChI=1S/C15H21N3O3/c1-3-11-5-4-8-17(10-11)15(19)13-9-12(16-2)6-7-14(13)18(20)21/h6-7,9,11,16H,3-5,8,10H2,1-2H3. The quantitative estimate of drug-likeness (QED) is 0.683. The number of nitro benzene ring substituents is 1. The van der Waals surface area contributed by atoms with E-state index in [1.807, 2.05) is 0 Å². The SMILES string of the molecule is CCC1CCCN(C(=O)c2cc(NC)ccc2[N+](=O)[O-])C1. The molecule has 1 saturated heterocycles. The Hall–Kier alpha value is -2.11. The molecule has 1 aromatic carbocycles. The van der Waals surface area contributed by atoms with E-state index >= 15 is 0 Å². The van der Waals surface area contributed by atoms with Crippen LogP contribution in [0.4, 0.5) is 11.4 Å². The molecule has 2 rings (SSSR count). The van der Waals surface area contributed by atoms with E-state index in [2.05, 4.69) is 12.2 Å². The largest absolute Gasteiger partial charge is 0.388 e. The van der Waals surface area contributed by atoms with Crippen molar-refractivity contribution in [2.24, 2.45) is 5.92 Å². The van der Waals surface area contributed by atoms with Crippen LogP contribution in [0, 0.1) is 16.0 Å². The molecule has 1 amide bonds. The van der Waals surface area contributed by atoms with Gasteiger partial charge in [0.1, 0.15) is 5.56 Å². The number of carbonyl (C=O) groups excluding carboxylic acids is 1. The van der Waals surface area contributed by atoms with Crippen LogP contribution < -0.4 is 5.32 Å². The number of rotatable bonds is 4. The van der Waals surface area contributed by atoms with Crippen LogP contribution in [0.2, 0.25) is 0 Å². The fraction of sp³-hybridized carbons (Fsp3) is 0.533. The maximum atomic E-state index is 12.6. The van der Waals surface area contributed by atoms with Gasteiger partial charge in [-0.15, -0.1) is 0 Å². The first-order valence-electron chi connectivity index (χ1n) is 7.32. The summed E-state index contributed by atoms with van der Waals surface area (Å²) in [6.45, 7) is 3.48. The van der Waals surface area contributed by atoms with Crippen LogP contribution in [0.3, 0.4) is 0 Å². The van der Waals surface area contributed by atoms with Crippen LogP contribution in [-0.2, 0) is 0 Å². The van der Waals surface area contributed by atoms with Gasteiger partial charge in [0, 0.05) is 31.9 Å². The van der Waals surface area contributed by atoms with Crippen LogP contribution >= 0.6 is 0 Å². The van der Waals surface area contributed by atoms with Crippen molar-refractivity contribution in [2.45, 2.75) is 26.2 Å². The van der Waals surface area contributed by atoms with Crippen molar-refractivity contribution in [3.63, 3.8) is 0 Å². The molecular weight excluding hydrogens is 270 g/mol. The second-order valence-electron chi connectivity index (χ2n) is 5.41. The summed E-state index contributed by atoms with van der Waals surface area (Å²) in [5.41, 5.74) is 0.745. The van der Waals surface area contributed by atoms with Crippen LogP contribution in [0.1, 0.15) is 36.5 Å². The van der Waals surface area contributed by atoms with Crippen molar-refractivity contribution in [1.82, 2.24) is 4.90 Å². The van der Waals surface area contributed by atoms with Gasteiger partial charge in [-0.2, -0.15) is 0 Å². The zero-order chi connectivity index (χ0) is 15.4. The summed E-state index contributed by atoms with van der Waals surface area (Å²) in [6.07, 6.45) is 3.12. The van der Waals surface area contributed by atoms with E-state index in [1.54, 1.807) is 24.1 Å². The van der Waals surface area contributed by atoms with Gasteiger partial charge in [-0.1, -0.05) is 13.3 Å². The molecule has 1 fully saturated rings. The molecule has 1 heterocycles. The maximum Gasteiger partial charge on any atom is 0.282 e. The first-order chi connectivity index (χ1) is 10.1. The maximum absolute atomic E-state index is 12.6. The number of amides is 1. The molecule has 1 aromatic rings. The number of benzene rings is 1. The summed E-state index contributed by atoms with van der Waals surface area (Å²) in [5, 5.41) is 14.1. The van der Waals surface area contributed by atoms with E-state index in [-0.39, 0.29) is 17.2 Å². The van der Waals surface area contributed by atoms with Crippen molar-refractivity contribution in [1.29, 1.82) is 0 Å². The zero-order valence-corrected chi connectivity index (χ0v) is 12.5. The molecule has 0 radical (unpaired) electrons. The Bertz CT molecular complexity index is 545. The molecule has 21 heavy (non-hydrogen) atoms. The molecule has 1 N–H and O–H groups in total. The van der Waals surface area contributed by atoms with Crippen molar-refractivity contribution < 1.29 is 9.72 Å². The Morgan fingerprint density at radius 2 is 2.29 bits per heavy atom. The van der Waals surface area contributed by atoms with Gasteiger partial charge in [-0.3, -0.25) is 14.9 Å². The third-order valence-corrected chi connectivity index (χ3v) is 4.10. The topological polar surface area (TPSA) is 75.5 Å². The molecule has 6 nitrogen and oxygen atoms in total. The van der Waals surface area contributed by atoms with Gasteiger partial charge in [0.15, 0.2) is 0 Å². The summed E-state index contributed by atoms with van der Waals surface area (Å²) < 4.78 is 0. The summed E-state index contributed by atoms with van der Waals surface area (Å²) in [4.78, 5) is 25.0. The average Bonchev–Trinajstić information content (AvgIpc) is 2.53. The Morgan fingerprint density at radius 3 is 2.90 bits per heavy atom. The van der Waals surface area contributed by atoms with Gasteiger partial charge in [-0.25, -0.2) is 0 Å². The number of nitrogens with zero attached hydrogens (tertiary/aromatic N) is 2. The normalized spacial score (nSPS) is 18.4. The zero-order valence-electron chi connectivity index (χ0n) is 12.5. The molecule has 0 aromatic heterocycles. The van der Waals surface area contributed by atoms with E-state index < -0.39 is 4.92 Å². The molecule has 0 saturated carbocycles. The van der Waals surface area contributed by atoms with Gasteiger partial charge in [0.25, 0.3) is 11.6 Å². The number of hydrogen-bond donors (Lipinski definition) is 1. The second kappa shape index (κ2) is 6.56. The Morgan fingerprint density at radius 1 is 1.52 bits per heavy atom. The van der Waals surface area contributed by atoms with Gasteiger partial charge in [-0.05, 0) is 30.9 Å². The minimum Gasteiger partial charge on any atom is -0.388 e. The van der Waals surface area contributed by atoms with Gasteiger partial charge in [0.2, 0.25) is 0 Å². The lowest BCUT2D eigenvalue weighted by atomic mass is 9.95. The fourth-order valence-electron chi connectivity index (χ4n) is 2.78. The lowest BCUT2D eigenvalue weighted by Crippen LogP contribution is -2.40. The smallest absolute Gasteiger partial charge is 0.282 e. The third kappa shape index (κ3) is 3.32. The molecule has 0 spiro atoms. The van der Waals surface area contributed by atoms with Crippen LogP contribution in [0.25, 0.3) is 0 Å². The highest BCUT2D eigenvalue weighted by atomic mass is 16.6. The Labute approximate surface area is 124 Å². The molecule has 1 atom stereocenters. The van der Waals surface area contributed by atoms with E-state index in [1.165, 1.54) is 6.07 Å². The number of piperidine rings is 1. The fourth-order valence-corrected chi connectivity index (χ4v) is 2.78. The lowest BCUT2D eigenvalue weighted by Gasteiger charge is -2.32. The number of nitrogens with one attached hydrogen (secondary N) is 1. The molecule has 114 valence electrons. The molecule has 6 heteroatoms. The minimum atomic E-state index is -0.492. The van der Waals surface area contributed by atoms with Gasteiger partial charge >= 0.3 is 0 Å². The first kappa shape index (κ1) is 15.3. The molecule has 0 aliphatic carbocycles. The molecule has 1 unspecified atom stereocenters. The van der Waals surface area contributed by atoms with Crippen molar-refractivity contribution >= 4 is 17.3 Å². The minimum absolute atomic E-state index is 0.127. The van der Waals surface area contributed by atoms with Gasteiger partial charge in [0.05, 0.1) is 4.92 Å². The van der Waals surface area contributed by atoms with Crippen molar-refractivity contribution in [2.75, 3.05) is 25.5 Å². The van der Waals surface area contributed by atoms with E-state index in [4.69, 9.17) is 0 Å². The summed E-state index contributed by atoms with van der Waals surface area (Å²) in [6, 6.07) is 4.57. The number of carbonyl (C=O) groups is 1. The molecule has 1 aliphatic rings. The van der Waals surface area contributed by atoms with Crippen LogP contribution in [0.5, 0.6) is 0 Å². The van der Waals surface area contributed by atoms with E-state index in [0.717, 1.165) is 19.3 Å². The van der Waals surface area contributed by atoms with E-state index in [9.17, 15) is 14.9 Å².